The summed E-state index contributed by atoms with van der Waals surface area (Å²) in [5.74, 6) is 0.864. The maximum Gasteiger partial charge on any atom is 0.246 e. The molecule has 6 heteroatoms. The Balaban J connectivity index is 1.30. The van der Waals surface area contributed by atoms with Crippen LogP contribution in [-0.2, 0) is 11.3 Å². The fourth-order valence-electron chi connectivity index (χ4n) is 3.45. The molecule has 0 bridgehead atoms. The van der Waals surface area contributed by atoms with Gasteiger partial charge in [0.05, 0.1) is 43.5 Å². The Morgan fingerprint density at radius 2 is 2.04 bits per heavy atom. The zero-order chi connectivity index (χ0) is 19.3. The van der Waals surface area contributed by atoms with E-state index >= 15 is 0 Å². The maximum atomic E-state index is 12.5. The van der Waals surface area contributed by atoms with Gasteiger partial charge in [0.15, 0.2) is 0 Å². The van der Waals surface area contributed by atoms with Gasteiger partial charge in [-0.2, -0.15) is 0 Å². The lowest BCUT2D eigenvalue weighted by Crippen LogP contribution is -3.13. The van der Waals surface area contributed by atoms with Gasteiger partial charge in [0.1, 0.15) is 17.3 Å². The Hall–Kier alpha value is -2.70. The van der Waals surface area contributed by atoms with Crippen molar-refractivity contribution in [3.8, 4) is 5.75 Å². The van der Waals surface area contributed by atoms with Crippen LogP contribution in [-0.4, -0.2) is 49.1 Å². The third kappa shape index (κ3) is 4.40. The maximum absolute atomic E-state index is 12.5. The van der Waals surface area contributed by atoms with Crippen molar-refractivity contribution in [3.05, 3.63) is 65.2 Å². The second-order valence-corrected chi connectivity index (χ2v) is 8.05. The lowest BCUT2D eigenvalue weighted by atomic mass is 10.2. The van der Waals surface area contributed by atoms with E-state index in [0.29, 0.717) is 0 Å². The average Bonchev–Trinajstić information content (AvgIpc) is 3.15. The van der Waals surface area contributed by atoms with Crippen molar-refractivity contribution < 1.29 is 14.4 Å². The molecule has 1 fully saturated rings. The van der Waals surface area contributed by atoms with Crippen molar-refractivity contribution >= 4 is 33.5 Å². The molecule has 1 N–H and O–H groups in total. The molecule has 1 saturated heterocycles. The zero-order valence-electron chi connectivity index (χ0n) is 15.9. The van der Waals surface area contributed by atoms with Crippen LogP contribution in [0, 0.1) is 0 Å². The molecule has 0 saturated carbocycles. The summed E-state index contributed by atoms with van der Waals surface area (Å²) in [5, 5.41) is 1.17. The SMILES string of the molecule is COc1cccc(/C=C/C(=O)N2CC[NH+](Cc3nc4ccccc4s3)CC2)c1. The van der Waals surface area contributed by atoms with Gasteiger partial charge in [-0.05, 0) is 35.9 Å². The van der Waals surface area contributed by atoms with E-state index in [9.17, 15) is 4.79 Å². The minimum absolute atomic E-state index is 0.0712. The molecule has 2 heterocycles. The Morgan fingerprint density at radius 3 is 2.82 bits per heavy atom. The summed E-state index contributed by atoms with van der Waals surface area (Å²) in [4.78, 5) is 20.6. The lowest BCUT2D eigenvalue weighted by molar-refractivity contribution is -0.917. The van der Waals surface area contributed by atoms with Gasteiger partial charge in [-0.1, -0.05) is 24.3 Å². The molecule has 1 aromatic heterocycles. The molecular formula is C22H24N3O2S+. The first kappa shape index (κ1) is 18.7. The molecule has 0 atom stereocenters. The van der Waals surface area contributed by atoms with E-state index < -0.39 is 0 Å². The minimum Gasteiger partial charge on any atom is -0.497 e. The largest absolute Gasteiger partial charge is 0.497 e. The molecule has 0 radical (unpaired) electrons. The predicted octanol–water partition coefficient (Wildman–Crippen LogP) is 2.25. The van der Waals surface area contributed by atoms with Crippen LogP contribution in [0.25, 0.3) is 16.3 Å². The molecule has 0 unspecified atom stereocenters. The molecule has 4 rings (SSSR count). The Bertz CT molecular complexity index is 957. The van der Waals surface area contributed by atoms with E-state index in [0.717, 1.165) is 49.6 Å². The summed E-state index contributed by atoms with van der Waals surface area (Å²) in [6.45, 7) is 4.40. The van der Waals surface area contributed by atoms with Crippen LogP contribution >= 0.6 is 11.3 Å². The van der Waals surface area contributed by atoms with Crippen LogP contribution in [0.3, 0.4) is 0 Å². The Morgan fingerprint density at radius 1 is 1.21 bits per heavy atom. The summed E-state index contributed by atoms with van der Waals surface area (Å²) >= 11 is 1.77. The van der Waals surface area contributed by atoms with Gasteiger partial charge in [-0.25, -0.2) is 4.98 Å². The van der Waals surface area contributed by atoms with Gasteiger partial charge in [0, 0.05) is 6.08 Å². The van der Waals surface area contributed by atoms with Gasteiger partial charge < -0.3 is 14.5 Å². The number of ether oxygens (including phenoxy) is 1. The first-order valence-corrected chi connectivity index (χ1v) is 10.3. The van der Waals surface area contributed by atoms with Crippen LogP contribution < -0.4 is 9.64 Å². The zero-order valence-corrected chi connectivity index (χ0v) is 16.7. The number of fused-ring (bicyclic) bond motifs is 1. The van der Waals surface area contributed by atoms with Crippen molar-refractivity contribution in [2.75, 3.05) is 33.3 Å². The number of benzene rings is 2. The number of hydrogen-bond donors (Lipinski definition) is 1. The van der Waals surface area contributed by atoms with Gasteiger partial charge in [-0.3, -0.25) is 4.79 Å². The molecule has 0 aliphatic carbocycles. The fourth-order valence-corrected chi connectivity index (χ4v) is 4.49. The molecule has 5 nitrogen and oxygen atoms in total. The molecule has 0 spiro atoms. The van der Waals surface area contributed by atoms with Gasteiger partial charge in [0.25, 0.3) is 0 Å². The average molecular weight is 395 g/mol. The van der Waals surface area contributed by atoms with E-state index in [1.54, 1.807) is 24.5 Å². The summed E-state index contributed by atoms with van der Waals surface area (Å²) in [7, 11) is 1.64. The van der Waals surface area contributed by atoms with Gasteiger partial charge in [0.2, 0.25) is 5.91 Å². The number of rotatable bonds is 5. The number of hydrogen-bond acceptors (Lipinski definition) is 4. The number of quaternary nitrogens is 1. The highest BCUT2D eigenvalue weighted by Gasteiger charge is 2.23. The predicted molar refractivity (Wildman–Crippen MR) is 113 cm³/mol. The summed E-state index contributed by atoms with van der Waals surface area (Å²) in [5.41, 5.74) is 2.05. The van der Waals surface area contributed by atoms with Crippen molar-refractivity contribution in [2.45, 2.75) is 6.54 Å². The number of aromatic nitrogens is 1. The molecule has 1 aliphatic rings. The van der Waals surface area contributed by atoms with E-state index in [1.807, 2.05) is 41.3 Å². The number of para-hydroxylation sites is 1. The molecule has 1 aliphatic heterocycles. The van der Waals surface area contributed by atoms with E-state index in [2.05, 4.69) is 18.2 Å². The first-order chi connectivity index (χ1) is 13.7. The van der Waals surface area contributed by atoms with Gasteiger partial charge >= 0.3 is 0 Å². The first-order valence-electron chi connectivity index (χ1n) is 9.50. The third-order valence-electron chi connectivity index (χ3n) is 5.03. The number of nitrogens with one attached hydrogen (secondary N) is 1. The number of carbonyl (C=O) groups is 1. The summed E-state index contributed by atoms with van der Waals surface area (Å²) in [6, 6.07) is 16.0. The van der Waals surface area contributed by atoms with Crippen molar-refractivity contribution in [2.24, 2.45) is 0 Å². The molecule has 144 valence electrons. The molecule has 2 aromatic carbocycles. The van der Waals surface area contributed by atoms with Crippen LogP contribution in [0.2, 0.25) is 0 Å². The Labute approximate surface area is 168 Å². The Kier molecular flexibility index (Phi) is 5.69. The van der Waals surface area contributed by atoms with Crippen molar-refractivity contribution in [3.63, 3.8) is 0 Å². The highest BCUT2D eigenvalue weighted by Crippen LogP contribution is 2.20. The van der Waals surface area contributed by atoms with Crippen LogP contribution in [0.5, 0.6) is 5.75 Å². The molecule has 1 amide bonds. The highest BCUT2D eigenvalue weighted by molar-refractivity contribution is 7.18. The normalized spacial score (nSPS) is 15.4. The number of piperazine rings is 1. The smallest absolute Gasteiger partial charge is 0.246 e. The lowest BCUT2D eigenvalue weighted by Gasteiger charge is -2.31. The van der Waals surface area contributed by atoms with Crippen LogP contribution in [0.1, 0.15) is 10.6 Å². The second kappa shape index (κ2) is 8.54. The highest BCUT2D eigenvalue weighted by atomic mass is 32.1. The molecule has 3 aromatic rings. The molecule has 28 heavy (non-hydrogen) atoms. The van der Waals surface area contributed by atoms with Gasteiger partial charge in [-0.15, -0.1) is 11.3 Å². The number of amides is 1. The van der Waals surface area contributed by atoms with Crippen molar-refractivity contribution in [1.82, 2.24) is 9.88 Å². The standard InChI is InChI=1S/C22H23N3O2S/c1-27-18-6-4-5-17(15-18)9-10-22(26)25-13-11-24(12-14-25)16-21-23-19-7-2-3-8-20(19)28-21/h2-10,15H,11-14,16H2,1H3/p+1/b10-9+. The third-order valence-corrected chi connectivity index (χ3v) is 6.07. The van der Waals surface area contributed by atoms with E-state index in [1.165, 1.54) is 14.6 Å². The van der Waals surface area contributed by atoms with Crippen LogP contribution in [0.4, 0.5) is 0 Å². The number of methoxy groups -OCH3 is 1. The fraction of sp³-hybridized carbons (Fsp3) is 0.273. The number of nitrogens with zero attached hydrogens (tertiary/aromatic N) is 2. The van der Waals surface area contributed by atoms with E-state index in [-0.39, 0.29) is 5.91 Å². The van der Waals surface area contributed by atoms with Crippen molar-refractivity contribution in [1.29, 1.82) is 0 Å². The summed E-state index contributed by atoms with van der Waals surface area (Å²) < 4.78 is 6.47. The number of thiazole rings is 1. The second-order valence-electron chi connectivity index (χ2n) is 6.94. The minimum atomic E-state index is 0.0712. The molecular weight excluding hydrogens is 370 g/mol. The van der Waals surface area contributed by atoms with E-state index in [4.69, 9.17) is 9.72 Å². The quantitative estimate of drug-likeness (QED) is 0.675. The number of carbonyl (C=O) groups excluding carboxylic acids is 1. The topological polar surface area (TPSA) is 46.9 Å². The van der Waals surface area contributed by atoms with Crippen LogP contribution in [0.15, 0.2) is 54.6 Å². The summed E-state index contributed by atoms with van der Waals surface area (Å²) in [6.07, 6.45) is 3.51. The monoisotopic (exact) mass is 394 g/mol.